The second-order valence-electron chi connectivity index (χ2n) is 17.4. The molecule has 1 heterocycles. The zero-order valence-electron chi connectivity index (χ0n) is 38.7. The van der Waals surface area contributed by atoms with E-state index in [0.717, 1.165) is 109 Å². The van der Waals surface area contributed by atoms with Crippen LogP contribution >= 0.6 is 0 Å². The van der Waals surface area contributed by atoms with E-state index in [4.69, 9.17) is 9.47 Å². The number of carbonyl (C=O) groups excluding carboxylic acids is 2. The molecule has 1 rings (SSSR count). The Morgan fingerprint density at radius 1 is 0.509 bits per heavy atom. The summed E-state index contributed by atoms with van der Waals surface area (Å²) >= 11 is 0. The summed E-state index contributed by atoms with van der Waals surface area (Å²) in [6.45, 7) is 16.4. The van der Waals surface area contributed by atoms with E-state index in [1.54, 1.807) is 0 Å². The molecule has 1 aromatic rings. The van der Waals surface area contributed by atoms with E-state index < -0.39 is 0 Å². The molecular formula is C50H95N3O4. The number of ether oxygens (including phenoxy) is 2. The summed E-state index contributed by atoms with van der Waals surface area (Å²) < 4.78 is 14.0. The Hall–Kier alpha value is -1.89. The molecule has 2 unspecified atom stereocenters. The SMILES string of the molecule is CCCCCCCCC(CCCCCC)C(=O)OCCCCCCN(CCCCCCOC(=O)C(CCCCCC)CCCCCCCC)CCn1ccnc1C. The van der Waals surface area contributed by atoms with Crippen LogP contribution < -0.4 is 0 Å². The van der Waals surface area contributed by atoms with E-state index in [1.807, 2.05) is 6.20 Å². The van der Waals surface area contributed by atoms with E-state index in [-0.39, 0.29) is 23.8 Å². The first-order valence-corrected chi connectivity index (χ1v) is 25.0. The molecule has 334 valence electrons. The third-order valence-electron chi connectivity index (χ3n) is 12.1. The molecule has 0 aliphatic carbocycles. The Morgan fingerprint density at radius 2 is 0.860 bits per heavy atom. The lowest BCUT2D eigenvalue weighted by Gasteiger charge is -2.23. The average Bonchev–Trinajstić information content (AvgIpc) is 3.63. The van der Waals surface area contributed by atoms with Crippen LogP contribution in [0.5, 0.6) is 0 Å². The Labute approximate surface area is 354 Å². The van der Waals surface area contributed by atoms with E-state index in [9.17, 15) is 9.59 Å². The van der Waals surface area contributed by atoms with Crippen molar-refractivity contribution >= 4 is 11.9 Å². The molecule has 0 amide bonds. The Bertz CT molecular complexity index is 971. The van der Waals surface area contributed by atoms with Gasteiger partial charge >= 0.3 is 11.9 Å². The zero-order valence-corrected chi connectivity index (χ0v) is 38.7. The summed E-state index contributed by atoms with van der Waals surface area (Å²) in [5, 5.41) is 0. The minimum atomic E-state index is 0.0599. The number of hydrogen-bond acceptors (Lipinski definition) is 6. The van der Waals surface area contributed by atoms with E-state index in [1.165, 1.54) is 128 Å². The van der Waals surface area contributed by atoms with Crippen molar-refractivity contribution in [2.75, 3.05) is 32.8 Å². The standard InChI is InChI=1S/C50H95N3O4/c1-6-10-14-18-20-28-36-47(34-26-16-12-8-3)49(54)56-44-32-24-22-30-39-52(42-43-53-41-38-51-46(53)5)40-31-23-25-33-45-57-50(55)48(35-27-17-13-9-4)37-29-21-19-15-11-7-2/h38,41,47-48H,6-37,39-40,42-45H2,1-5H3. The van der Waals surface area contributed by atoms with Crippen LogP contribution in [0.2, 0.25) is 0 Å². The van der Waals surface area contributed by atoms with Crippen LogP contribution in [0.4, 0.5) is 0 Å². The van der Waals surface area contributed by atoms with Gasteiger partial charge in [0, 0.05) is 25.5 Å². The fourth-order valence-electron chi connectivity index (χ4n) is 8.13. The number of imidazole rings is 1. The molecule has 2 atom stereocenters. The maximum Gasteiger partial charge on any atom is 0.308 e. The van der Waals surface area contributed by atoms with Crippen molar-refractivity contribution in [1.29, 1.82) is 0 Å². The van der Waals surface area contributed by atoms with Gasteiger partial charge in [-0.3, -0.25) is 9.59 Å². The van der Waals surface area contributed by atoms with E-state index >= 15 is 0 Å². The van der Waals surface area contributed by atoms with Crippen molar-refractivity contribution in [3.63, 3.8) is 0 Å². The quantitative estimate of drug-likeness (QED) is 0.0484. The predicted octanol–water partition coefficient (Wildman–Crippen LogP) is 14.4. The fourth-order valence-corrected chi connectivity index (χ4v) is 8.13. The van der Waals surface area contributed by atoms with Crippen molar-refractivity contribution in [2.24, 2.45) is 11.8 Å². The Kier molecular flexibility index (Phi) is 36.9. The van der Waals surface area contributed by atoms with Crippen molar-refractivity contribution in [3.05, 3.63) is 18.2 Å². The molecule has 0 aliphatic heterocycles. The van der Waals surface area contributed by atoms with Crippen LogP contribution in [-0.4, -0.2) is 59.2 Å². The van der Waals surface area contributed by atoms with Gasteiger partial charge < -0.3 is 18.9 Å². The van der Waals surface area contributed by atoms with Crippen LogP contribution in [0.1, 0.15) is 239 Å². The lowest BCUT2D eigenvalue weighted by atomic mass is 9.94. The van der Waals surface area contributed by atoms with Crippen LogP contribution in [0.15, 0.2) is 12.4 Å². The summed E-state index contributed by atoms with van der Waals surface area (Å²) in [5.74, 6) is 1.37. The van der Waals surface area contributed by atoms with Gasteiger partial charge in [0.05, 0.1) is 25.0 Å². The normalized spacial score (nSPS) is 12.7. The summed E-state index contributed by atoms with van der Waals surface area (Å²) in [5.41, 5.74) is 0. The molecule has 0 saturated carbocycles. The molecule has 0 bridgehead atoms. The summed E-state index contributed by atoms with van der Waals surface area (Å²) in [4.78, 5) is 33.1. The highest BCUT2D eigenvalue weighted by Crippen LogP contribution is 2.22. The van der Waals surface area contributed by atoms with E-state index in [2.05, 4.69) is 55.3 Å². The highest BCUT2D eigenvalue weighted by atomic mass is 16.5. The number of unbranched alkanes of at least 4 members (excludes halogenated alkanes) is 22. The first-order chi connectivity index (χ1) is 28.0. The highest BCUT2D eigenvalue weighted by Gasteiger charge is 2.20. The molecule has 7 heteroatoms. The molecule has 0 spiro atoms. The number of nitrogens with zero attached hydrogens (tertiary/aromatic N) is 3. The molecular weight excluding hydrogens is 707 g/mol. The maximum absolute atomic E-state index is 13.0. The first-order valence-electron chi connectivity index (χ1n) is 25.0. The van der Waals surface area contributed by atoms with Crippen LogP contribution in [-0.2, 0) is 25.6 Å². The third-order valence-corrected chi connectivity index (χ3v) is 12.1. The Morgan fingerprint density at radius 3 is 1.25 bits per heavy atom. The van der Waals surface area contributed by atoms with Crippen molar-refractivity contribution in [1.82, 2.24) is 14.5 Å². The number of aryl methyl sites for hydroxylation is 1. The number of aromatic nitrogens is 2. The van der Waals surface area contributed by atoms with Gasteiger partial charge in [-0.1, -0.05) is 182 Å². The predicted molar refractivity (Wildman–Crippen MR) is 243 cm³/mol. The van der Waals surface area contributed by atoms with Crippen molar-refractivity contribution in [2.45, 2.75) is 247 Å². The summed E-state index contributed by atoms with van der Waals surface area (Å²) in [6, 6.07) is 0. The van der Waals surface area contributed by atoms with Crippen LogP contribution in [0.25, 0.3) is 0 Å². The monoisotopic (exact) mass is 802 g/mol. The first kappa shape index (κ1) is 53.1. The molecule has 0 N–H and O–H groups in total. The van der Waals surface area contributed by atoms with Gasteiger partial charge in [0.2, 0.25) is 0 Å². The highest BCUT2D eigenvalue weighted by molar-refractivity contribution is 5.72. The van der Waals surface area contributed by atoms with Gasteiger partial charge in [0.15, 0.2) is 0 Å². The minimum absolute atomic E-state index is 0.0599. The van der Waals surface area contributed by atoms with Crippen LogP contribution in [0, 0.1) is 18.8 Å². The Balaban J connectivity index is 2.40. The summed E-state index contributed by atoms with van der Waals surface area (Å²) in [7, 11) is 0. The van der Waals surface area contributed by atoms with Crippen molar-refractivity contribution < 1.29 is 19.1 Å². The topological polar surface area (TPSA) is 73.7 Å². The van der Waals surface area contributed by atoms with Gasteiger partial charge in [-0.25, -0.2) is 4.98 Å². The molecule has 0 radical (unpaired) electrons. The number of esters is 2. The number of hydrogen-bond donors (Lipinski definition) is 0. The minimum Gasteiger partial charge on any atom is -0.465 e. The van der Waals surface area contributed by atoms with Gasteiger partial charge in [0.25, 0.3) is 0 Å². The molecule has 57 heavy (non-hydrogen) atoms. The smallest absolute Gasteiger partial charge is 0.308 e. The zero-order chi connectivity index (χ0) is 41.4. The molecule has 7 nitrogen and oxygen atoms in total. The number of carbonyl (C=O) groups is 2. The molecule has 0 aliphatic rings. The van der Waals surface area contributed by atoms with Gasteiger partial charge in [0.1, 0.15) is 5.82 Å². The van der Waals surface area contributed by atoms with Gasteiger partial charge in [-0.05, 0) is 71.4 Å². The largest absolute Gasteiger partial charge is 0.465 e. The second kappa shape index (κ2) is 39.6. The molecule has 1 aromatic heterocycles. The molecule has 0 fully saturated rings. The number of rotatable bonds is 43. The lowest BCUT2D eigenvalue weighted by molar-refractivity contribution is -0.150. The van der Waals surface area contributed by atoms with E-state index in [0.29, 0.717) is 13.2 Å². The molecule has 0 saturated heterocycles. The second-order valence-corrected chi connectivity index (χ2v) is 17.4. The summed E-state index contributed by atoms with van der Waals surface area (Å²) in [6.07, 6.45) is 41.8. The maximum atomic E-state index is 13.0. The third kappa shape index (κ3) is 30.8. The van der Waals surface area contributed by atoms with Crippen molar-refractivity contribution in [3.8, 4) is 0 Å². The molecule has 0 aromatic carbocycles. The average molecular weight is 802 g/mol. The lowest BCUT2D eigenvalue weighted by Crippen LogP contribution is -2.30. The van der Waals surface area contributed by atoms with Crippen LogP contribution in [0.3, 0.4) is 0 Å². The van der Waals surface area contributed by atoms with Gasteiger partial charge in [-0.2, -0.15) is 0 Å². The van der Waals surface area contributed by atoms with Gasteiger partial charge in [-0.15, -0.1) is 0 Å². The fraction of sp³-hybridized carbons (Fsp3) is 0.900.